The summed E-state index contributed by atoms with van der Waals surface area (Å²) >= 11 is 0. The van der Waals surface area contributed by atoms with E-state index in [0.29, 0.717) is 24.7 Å². The first-order valence-electron chi connectivity index (χ1n) is 14.4. The van der Waals surface area contributed by atoms with E-state index in [4.69, 9.17) is 19.7 Å². The highest BCUT2D eigenvalue weighted by Crippen LogP contribution is 2.40. The molecule has 8 heteroatoms. The van der Waals surface area contributed by atoms with Crippen LogP contribution in [0.2, 0.25) is 0 Å². The van der Waals surface area contributed by atoms with Crippen LogP contribution < -0.4 is 15.0 Å². The Labute approximate surface area is 224 Å². The average Bonchev–Trinajstić information content (AvgIpc) is 3.61. The van der Waals surface area contributed by atoms with Gasteiger partial charge in [-0.05, 0) is 82.7 Å². The number of benzene rings is 1. The number of phenolic OH excluding ortho intramolecular Hbond substituents is 1. The lowest BCUT2D eigenvalue weighted by Gasteiger charge is -2.35. The molecule has 0 spiro atoms. The standard InChI is InChI=1S/C30H38N6O2/c1-3-23-26(24-14-22(37)9-6-19(24)2)31-15-25-27(23)33-29(38-18-30-10-4-12-36(30)13-5-11-30)34-28(25)35-16-20-7-8-21(17-35)32-20/h6,9,14-15,20-21,32,37H,3-5,7-8,10-13,16-18H2,1-2H3. The normalized spacial score (nSPS) is 24.3. The summed E-state index contributed by atoms with van der Waals surface area (Å²) in [4.78, 5) is 20.1. The van der Waals surface area contributed by atoms with Crippen LogP contribution in [0.15, 0.2) is 24.4 Å². The molecule has 0 aliphatic carbocycles. The number of nitrogens with one attached hydrogen (secondary N) is 1. The number of hydrogen-bond donors (Lipinski definition) is 2. The van der Waals surface area contributed by atoms with Crippen molar-refractivity contribution in [2.24, 2.45) is 0 Å². The van der Waals surface area contributed by atoms with Crippen LogP contribution in [0, 0.1) is 6.92 Å². The molecule has 2 bridgehead atoms. The minimum Gasteiger partial charge on any atom is -0.508 e. The summed E-state index contributed by atoms with van der Waals surface area (Å²) in [7, 11) is 0. The molecule has 2 atom stereocenters. The number of piperazine rings is 1. The average molecular weight is 515 g/mol. The minimum absolute atomic E-state index is 0.141. The van der Waals surface area contributed by atoms with Crippen LogP contribution in [0.3, 0.4) is 0 Å². The Morgan fingerprint density at radius 1 is 1.11 bits per heavy atom. The van der Waals surface area contributed by atoms with Gasteiger partial charge in [0.15, 0.2) is 0 Å². The number of anilines is 1. The van der Waals surface area contributed by atoms with Crippen molar-refractivity contribution in [3.05, 3.63) is 35.5 Å². The van der Waals surface area contributed by atoms with E-state index in [1.807, 2.05) is 18.3 Å². The highest BCUT2D eigenvalue weighted by Gasteiger charge is 2.45. The van der Waals surface area contributed by atoms with Gasteiger partial charge < -0.3 is 20.1 Å². The molecular weight excluding hydrogens is 476 g/mol. The summed E-state index contributed by atoms with van der Waals surface area (Å²) in [5, 5.41) is 15.0. The van der Waals surface area contributed by atoms with Crippen LogP contribution >= 0.6 is 0 Å². The van der Waals surface area contributed by atoms with Crippen molar-refractivity contribution in [1.29, 1.82) is 0 Å². The smallest absolute Gasteiger partial charge is 0.319 e. The van der Waals surface area contributed by atoms with E-state index >= 15 is 0 Å². The molecule has 4 fully saturated rings. The molecule has 8 nitrogen and oxygen atoms in total. The molecule has 0 radical (unpaired) electrons. The molecule has 4 aliphatic rings. The summed E-state index contributed by atoms with van der Waals surface area (Å²) in [6.07, 6.45) is 10.0. The largest absolute Gasteiger partial charge is 0.508 e. The SMILES string of the molecule is CCc1c(-c2cc(O)ccc2C)ncc2c(N3CC4CCC(C3)N4)nc(OCC34CCCN3CCC4)nc12. The van der Waals surface area contributed by atoms with Crippen molar-refractivity contribution in [2.75, 3.05) is 37.7 Å². The van der Waals surface area contributed by atoms with Gasteiger partial charge in [0.2, 0.25) is 0 Å². The summed E-state index contributed by atoms with van der Waals surface area (Å²) in [6, 6.07) is 6.96. The van der Waals surface area contributed by atoms with Crippen LogP contribution in [0.1, 0.15) is 56.6 Å². The molecule has 200 valence electrons. The molecule has 2 unspecified atom stereocenters. The quantitative estimate of drug-likeness (QED) is 0.506. The molecule has 4 saturated heterocycles. The highest BCUT2D eigenvalue weighted by atomic mass is 16.5. The van der Waals surface area contributed by atoms with Crippen LogP contribution in [0.5, 0.6) is 11.8 Å². The van der Waals surface area contributed by atoms with Crippen molar-refractivity contribution in [3.8, 4) is 23.0 Å². The number of aryl methyl sites for hydroxylation is 2. The summed E-state index contributed by atoms with van der Waals surface area (Å²) in [6.45, 7) is 9.09. The van der Waals surface area contributed by atoms with Crippen LogP contribution in [0.4, 0.5) is 5.82 Å². The Morgan fingerprint density at radius 3 is 2.61 bits per heavy atom. The Bertz CT molecular complexity index is 1350. The molecule has 0 amide bonds. The van der Waals surface area contributed by atoms with Gasteiger partial charge in [-0.1, -0.05) is 13.0 Å². The van der Waals surface area contributed by atoms with Gasteiger partial charge >= 0.3 is 6.01 Å². The molecule has 2 N–H and O–H groups in total. The lowest BCUT2D eigenvalue weighted by Crippen LogP contribution is -2.51. The second-order valence-corrected chi connectivity index (χ2v) is 11.8. The third-order valence-electron chi connectivity index (χ3n) is 9.43. The van der Waals surface area contributed by atoms with Crippen molar-refractivity contribution >= 4 is 16.7 Å². The van der Waals surface area contributed by atoms with Gasteiger partial charge in [-0.3, -0.25) is 9.88 Å². The number of fused-ring (bicyclic) bond motifs is 4. The Kier molecular flexibility index (Phi) is 5.93. The topological polar surface area (TPSA) is 86.6 Å². The Balaban J connectivity index is 1.34. The van der Waals surface area contributed by atoms with Gasteiger partial charge in [0.05, 0.1) is 22.1 Å². The Morgan fingerprint density at radius 2 is 1.87 bits per heavy atom. The maximum Gasteiger partial charge on any atom is 0.319 e. The predicted molar refractivity (Wildman–Crippen MR) is 149 cm³/mol. The number of phenols is 1. The molecule has 7 rings (SSSR count). The van der Waals surface area contributed by atoms with Crippen LogP contribution in [0.25, 0.3) is 22.2 Å². The first kappa shape index (κ1) is 24.1. The Hall–Kier alpha value is -2.97. The van der Waals surface area contributed by atoms with Gasteiger partial charge in [-0.25, -0.2) is 0 Å². The van der Waals surface area contributed by atoms with E-state index in [9.17, 15) is 5.11 Å². The van der Waals surface area contributed by atoms with E-state index in [0.717, 1.165) is 58.6 Å². The molecule has 1 aromatic carbocycles. The number of aromatic nitrogens is 3. The van der Waals surface area contributed by atoms with Crippen LogP contribution in [-0.2, 0) is 6.42 Å². The third kappa shape index (κ3) is 4.00. The fourth-order valence-corrected chi connectivity index (χ4v) is 7.47. The summed E-state index contributed by atoms with van der Waals surface area (Å²) in [5.41, 5.74) is 5.03. The van der Waals surface area contributed by atoms with Crippen molar-refractivity contribution in [1.82, 2.24) is 25.2 Å². The van der Waals surface area contributed by atoms with Crippen LogP contribution in [-0.4, -0.2) is 75.4 Å². The zero-order valence-corrected chi connectivity index (χ0v) is 22.5. The second-order valence-electron chi connectivity index (χ2n) is 11.8. The van der Waals surface area contributed by atoms with Gasteiger partial charge in [-0.2, -0.15) is 9.97 Å². The van der Waals surface area contributed by atoms with Crippen molar-refractivity contribution in [3.63, 3.8) is 0 Å². The third-order valence-corrected chi connectivity index (χ3v) is 9.43. The zero-order chi connectivity index (χ0) is 25.9. The van der Waals surface area contributed by atoms with Crippen molar-refractivity contribution < 1.29 is 9.84 Å². The van der Waals surface area contributed by atoms with Gasteiger partial charge in [0.25, 0.3) is 0 Å². The summed E-state index contributed by atoms with van der Waals surface area (Å²) in [5.74, 6) is 1.19. The molecule has 0 saturated carbocycles. The second kappa shape index (κ2) is 9.35. The number of pyridine rings is 1. The number of rotatable bonds is 6. The molecule has 38 heavy (non-hydrogen) atoms. The van der Waals surface area contributed by atoms with Gasteiger partial charge in [-0.15, -0.1) is 0 Å². The predicted octanol–water partition coefficient (Wildman–Crippen LogP) is 4.22. The molecular formula is C30H38N6O2. The van der Waals surface area contributed by atoms with Gasteiger partial charge in [0.1, 0.15) is 18.2 Å². The minimum atomic E-state index is 0.141. The zero-order valence-electron chi connectivity index (χ0n) is 22.5. The number of hydrogen-bond acceptors (Lipinski definition) is 8. The molecule has 2 aromatic heterocycles. The number of nitrogens with zero attached hydrogens (tertiary/aromatic N) is 5. The monoisotopic (exact) mass is 514 g/mol. The van der Waals surface area contributed by atoms with E-state index in [1.54, 1.807) is 6.07 Å². The lowest BCUT2D eigenvalue weighted by atomic mass is 9.95. The van der Waals surface area contributed by atoms with Crippen molar-refractivity contribution in [2.45, 2.75) is 76.4 Å². The fourth-order valence-electron chi connectivity index (χ4n) is 7.47. The molecule has 4 aliphatic heterocycles. The first-order valence-corrected chi connectivity index (χ1v) is 14.4. The van der Waals surface area contributed by atoms with Gasteiger partial charge in [0, 0.05) is 42.5 Å². The van der Waals surface area contributed by atoms with E-state index in [2.05, 4.69) is 29.0 Å². The maximum absolute atomic E-state index is 10.2. The fraction of sp³-hybridized carbons (Fsp3) is 0.567. The number of ether oxygens (including phenoxy) is 1. The molecule has 3 aromatic rings. The lowest BCUT2D eigenvalue weighted by molar-refractivity contribution is 0.108. The number of aromatic hydroxyl groups is 1. The maximum atomic E-state index is 10.2. The van der Waals surface area contributed by atoms with E-state index in [1.165, 1.54) is 51.6 Å². The molecule has 6 heterocycles. The summed E-state index contributed by atoms with van der Waals surface area (Å²) < 4.78 is 6.52. The highest BCUT2D eigenvalue weighted by molar-refractivity contribution is 5.94. The van der Waals surface area contributed by atoms with E-state index < -0.39 is 0 Å². The first-order chi connectivity index (χ1) is 18.5. The van der Waals surface area contributed by atoms with E-state index in [-0.39, 0.29) is 11.3 Å².